The first-order chi connectivity index (χ1) is 14.8. The Morgan fingerprint density at radius 2 is 1.68 bits per heavy atom. The number of nitrogens with zero attached hydrogens (tertiary/aromatic N) is 2. The number of benzene rings is 3. The molecule has 0 atom stereocenters. The molecule has 6 nitrogen and oxygen atoms in total. The van der Waals surface area contributed by atoms with E-state index < -0.39 is 7.12 Å². The van der Waals surface area contributed by atoms with Crippen LogP contribution in [0.25, 0.3) is 11.1 Å². The molecular formula is C23H20BClN4O2. The third-order valence-electron chi connectivity index (χ3n) is 5.12. The summed E-state index contributed by atoms with van der Waals surface area (Å²) in [6.07, 6.45) is 0. The van der Waals surface area contributed by atoms with E-state index >= 15 is 0 Å². The Morgan fingerprint density at radius 1 is 1.00 bits per heavy atom. The zero-order chi connectivity index (χ0) is 22.1. The number of rotatable bonds is 3. The number of hydrogen-bond acceptors (Lipinski definition) is 5. The summed E-state index contributed by atoms with van der Waals surface area (Å²) in [4.78, 5) is 6.27. The summed E-state index contributed by atoms with van der Waals surface area (Å²) >= 11 is 6.07. The second-order valence-electron chi connectivity index (χ2n) is 7.27. The highest BCUT2D eigenvalue weighted by atomic mass is 35.5. The van der Waals surface area contributed by atoms with E-state index in [0.29, 0.717) is 21.9 Å². The molecule has 4 rings (SSSR count). The Balaban J connectivity index is 1.92. The van der Waals surface area contributed by atoms with Crippen LogP contribution in [0.5, 0.6) is 0 Å². The number of nitrogens with one attached hydrogen (secondary N) is 2. The molecule has 8 heteroatoms. The van der Waals surface area contributed by atoms with Crippen LogP contribution in [0.4, 0.5) is 5.69 Å². The van der Waals surface area contributed by atoms with E-state index in [2.05, 4.69) is 4.99 Å². The minimum Gasteiger partial charge on any atom is -0.423 e. The lowest BCUT2D eigenvalue weighted by Gasteiger charge is -2.24. The first-order valence-electron chi connectivity index (χ1n) is 9.69. The van der Waals surface area contributed by atoms with Crippen LogP contribution < -0.4 is 10.4 Å². The molecule has 0 amide bonds. The lowest BCUT2D eigenvalue weighted by Crippen LogP contribution is -2.35. The van der Waals surface area contributed by atoms with E-state index in [1.165, 1.54) is 0 Å². The first kappa shape index (κ1) is 21.0. The van der Waals surface area contributed by atoms with Crippen LogP contribution in [0.3, 0.4) is 0 Å². The Kier molecular flexibility index (Phi) is 5.74. The van der Waals surface area contributed by atoms with Crippen molar-refractivity contribution < 1.29 is 10.0 Å². The van der Waals surface area contributed by atoms with Gasteiger partial charge in [0.2, 0.25) is 0 Å². The topological polar surface area (TPSA) is 104 Å². The predicted molar refractivity (Wildman–Crippen MR) is 127 cm³/mol. The van der Waals surface area contributed by atoms with E-state index in [4.69, 9.17) is 22.4 Å². The van der Waals surface area contributed by atoms with Gasteiger partial charge in [0, 0.05) is 16.1 Å². The normalized spacial score (nSPS) is 13.4. The molecule has 3 aromatic rings. The molecule has 0 unspecified atom stereocenters. The summed E-state index contributed by atoms with van der Waals surface area (Å²) in [5, 5.41) is 36.3. The standard InChI is InChI=1S/C23H20BClN4O2/c1-14(26)29-21-10-7-17(16-3-2-4-18(11-16)24(30)31)12-20(21)23(28-13-22(29)27)15-5-8-19(25)9-6-15/h2-12,26-27,30-31H,13H2,1H3. The van der Waals surface area contributed by atoms with Crippen molar-refractivity contribution in [3.8, 4) is 11.1 Å². The zero-order valence-electron chi connectivity index (χ0n) is 16.8. The fourth-order valence-corrected chi connectivity index (χ4v) is 3.80. The maximum Gasteiger partial charge on any atom is 0.488 e. The van der Waals surface area contributed by atoms with Gasteiger partial charge in [-0.15, -0.1) is 0 Å². The van der Waals surface area contributed by atoms with Crippen molar-refractivity contribution in [2.75, 3.05) is 11.4 Å². The Bertz CT molecular complexity index is 1210. The minimum atomic E-state index is -1.55. The van der Waals surface area contributed by atoms with E-state index in [1.54, 1.807) is 42.2 Å². The highest BCUT2D eigenvalue weighted by Gasteiger charge is 2.25. The second-order valence-corrected chi connectivity index (χ2v) is 7.71. The van der Waals surface area contributed by atoms with Gasteiger partial charge in [-0.1, -0.05) is 54.1 Å². The van der Waals surface area contributed by atoms with Crippen molar-refractivity contribution in [1.29, 1.82) is 10.8 Å². The SMILES string of the molecule is CC(=N)N1C(=N)CN=C(c2ccc(Cl)cc2)c2cc(-c3cccc(B(O)O)c3)ccc21. The number of anilines is 1. The van der Waals surface area contributed by atoms with Gasteiger partial charge in [-0.05, 0) is 47.8 Å². The Labute approximate surface area is 185 Å². The van der Waals surface area contributed by atoms with Crippen molar-refractivity contribution >= 4 is 47.3 Å². The zero-order valence-corrected chi connectivity index (χ0v) is 17.6. The number of benzodiazepines with no additional fused rings is 1. The molecular weight excluding hydrogens is 411 g/mol. The molecule has 0 aromatic heterocycles. The van der Waals surface area contributed by atoms with Gasteiger partial charge in [0.05, 0.1) is 17.9 Å². The summed E-state index contributed by atoms with van der Waals surface area (Å²) in [5.41, 5.74) is 5.13. The van der Waals surface area contributed by atoms with Crippen LogP contribution in [0.1, 0.15) is 18.1 Å². The summed E-state index contributed by atoms with van der Waals surface area (Å²) in [6, 6.07) is 20.1. The van der Waals surface area contributed by atoms with Crippen LogP contribution >= 0.6 is 11.6 Å². The van der Waals surface area contributed by atoms with Crippen molar-refractivity contribution in [3.05, 3.63) is 82.9 Å². The molecule has 0 fully saturated rings. The maximum absolute atomic E-state index is 9.53. The average molecular weight is 431 g/mol. The van der Waals surface area contributed by atoms with Gasteiger partial charge < -0.3 is 10.0 Å². The van der Waals surface area contributed by atoms with Crippen molar-refractivity contribution in [3.63, 3.8) is 0 Å². The number of halogens is 1. The van der Waals surface area contributed by atoms with Crippen LogP contribution in [0.15, 0.2) is 71.7 Å². The quantitative estimate of drug-likeness (QED) is 0.291. The summed E-state index contributed by atoms with van der Waals surface area (Å²) < 4.78 is 0. The lowest BCUT2D eigenvalue weighted by molar-refractivity contribution is 0.426. The van der Waals surface area contributed by atoms with Crippen LogP contribution in [-0.2, 0) is 0 Å². The van der Waals surface area contributed by atoms with Crippen LogP contribution in [0, 0.1) is 10.8 Å². The lowest BCUT2D eigenvalue weighted by atomic mass is 9.79. The highest BCUT2D eigenvalue weighted by molar-refractivity contribution is 6.58. The molecule has 0 saturated carbocycles. The van der Waals surface area contributed by atoms with Gasteiger partial charge in [-0.3, -0.25) is 20.7 Å². The monoisotopic (exact) mass is 430 g/mol. The van der Waals surface area contributed by atoms with E-state index in [-0.39, 0.29) is 18.2 Å². The molecule has 0 radical (unpaired) electrons. The third-order valence-corrected chi connectivity index (χ3v) is 5.37. The van der Waals surface area contributed by atoms with Crippen molar-refractivity contribution in [2.45, 2.75) is 6.92 Å². The molecule has 0 bridgehead atoms. The van der Waals surface area contributed by atoms with Gasteiger partial charge in [0.1, 0.15) is 11.7 Å². The maximum atomic E-state index is 9.53. The van der Waals surface area contributed by atoms with E-state index in [0.717, 1.165) is 22.3 Å². The van der Waals surface area contributed by atoms with Gasteiger partial charge in [-0.25, -0.2) is 0 Å². The fraction of sp³-hybridized carbons (Fsp3) is 0.0870. The Hall–Kier alpha value is -3.26. The molecule has 0 aliphatic carbocycles. The summed E-state index contributed by atoms with van der Waals surface area (Å²) in [6.45, 7) is 1.79. The third kappa shape index (κ3) is 4.16. The van der Waals surface area contributed by atoms with Gasteiger partial charge in [0.15, 0.2) is 0 Å². The predicted octanol–water partition coefficient (Wildman–Crippen LogP) is 3.32. The average Bonchev–Trinajstić information content (AvgIpc) is 2.90. The number of amidine groups is 2. The van der Waals surface area contributed by atoms with Gasteiger partial charge in [0.25, 0.3) is 0 Å². The summed E-state index contributed by atoms with van der Waals surface area (Å²) in [5.74, 6) is 0.452. The van der Waals surface area contributed by atoms with Crippen LogP contribution in [-0.4, -0.2) is 41.1 Å². The molecule has 4 N–H and O–H groups in total. The fourth-order valence-electron chi connectivity index (χ4n) is 3.67. The first-order valence-corrected chi connectivity index (χ1v) is 10.1. The van der Waals surface area contributed by atoms with Gasteiger partial charge in [-0.2, -0.15) is 0 Å². The van der Waals surface area contributed by atoms with E-state index in [9.17, 15) is 10.0 Å². The molecule has 1 aliphatic heterocycles. The number of hydrogen-bond donors (Lipinski definition) is 4. The molecule has 1 heterocycles. The molecule has 0 spiro atoms. The molecule has 31 heavy (non-hydrogen) atoms. The summed E-state index contributed by atoms with van der Waals surface area (Å²) in [7, 11) is -1.55. The minimum absolute atomic E-state index is 0.143. The van der Waals surface area contributed by atoms with Crippen molar-refractivity contribution in [1.82, 2.24) is 0 Å². The largest absolute Gasteiger partial charge is 0.488 e. The number of fused-ring (bicyclic) bond motifs is 1. The Morgan fingerprint density at radius 3 is 2.35 bits per heavy atom. The van der Waals surface area contributed by atoms with Crippen LogP contribution in [0.2, 0.25) is 5.02 Å². The smallest absolute Gasteiger partial charge is 0.423 e. The van der Waals surface area contributed by atoms with E-state index in [1.807, 2.05) is 36.4 Å². The second kappa shape index (κ2) is 8.47. The van der Waals surface area contributed by atoms with Gasteiger partial charge >= 0.3 is 7.12 Å². The molecule has 0 saturated heterocycles. The molecule has 154 valence electrons. The molecule has 1 aliphatic rings. The highest BCUT2D eigenvalue weighted by Crippen LogP contribution is 2.32. The molecule has 3 aromatic carbocycles. The van der Waals surface area contributed by atoms with Crippen molar-refractivity contribution in [2.24, 2.45) is 4.99 Å². The number of aliphatic imine (C=N–C) groups is 1.